The lowest BCUT2D eigenvalue weighted by molar-refractivity contribution is -0.137. The Morgan fingerprint density at radius 1 is 1.33 bits per heavy atom. The Morgan fingerprint density at radius 3 is 2.57 bits per heavy atom. The van der Waals surface area contributed by atoms with Crippen LogP contribution in [0.25, 0.3) is 0 Å². The largest absolute Gasteiger partial charge is 0.481 e. The van der Waals surface area contributed by atoms with E-state index in [1.54, 1.807) is 0 Å². The number of piperidine rings is 1. The van der Waals surface area contributed by atoms with Crippen LogP contribution >= 0.6 is 23.2 Å². The zero-order valence-corrected chi connectivity index (χ0v) is 13.7. The number of carboxylic acid groups (broad SMARTS) is 1. The van der Waals surface area contributed by atoms with Crippen LogP contribution < -0.4 is 0 Å². The number of nitrogens with zero attached hydrogens (tertiary/aromatic N) is 1. The number of rotatable bonds is 5. The highest BCUT2D eigenvalue weighted by Gasteiger charge is 2.24. The van der Waals surface area contributed by atoms with E-state index in [9.17, 15) is 4.79 Å². The van der Waals surface area contributed by atoms with E-state index in [0.717, 1.165) is 32.4 Å². The van der Waals surface area contributed by atoms with Gasteiger partial charge in [0.25, 0.3) is 0 Å². The van der Waals surface area contributed by atoms with Crippen LogP contribution in [-0.2, 0) is 4.79 Å². The second kappa shape index (κ2) is 7.48. The second-order valence-electron chi connectivity index (χ2n) is 5.76. The van der Waals surface area contributed by atoms with Gasteiger partial charge in [-0.1, -0.05) is 29.3 Å². The molecule has 0 spiro atoms. The van der Waals surface area contributed by atoms with Gasteiger partial charge in [-0.15, -0.1) is 0 Å². The van der Waals surface area contributed by atoms with Crippen molar-refractivity contribution in [2.24, 2.45) is 5.92 Å². The lowest BCUT2D eigenvalue weighted by Gasteiger charge is -2.36. The van der Waals surface area contributed by atoms with Crippen LogP contribution in [0, 0.1) is 5.92 Å². The Labute approximate surface area is 135 Å². The maximum Gasteiger partial charge on any atom is 0.303 e. The number of hydrogen-bond donors (Lipinski definition) is 1. The Kier molecular flexibility index (Phi) is 5.91. The first-order valence-electron chi connectivity index (χ1n) is 7.38. The van der Waals surface area contributed by atoms with Gasteiger partial charge >= 0.3 is 5.97 Å². The SMILES string of the molecule is CC(c1ccc(Cl)c(Cl)c1)N1CCC(CCC(=O)O)CC1. The van der Waals surface area contributed by atoms with E-state index in [-0.39, 0.29) is 6.42 Å². The molecule has 5 heteroatoms. The molecule has 0 bridgehead atoms. The molecule has 1 heterocycles. The predicted molar refractivity (Wildman–Crippen MR) is 86.0 cm³/mol. The van der Waals surface area contributed by atoms with Gasteiger partial charge in [-0.25, -0.2) is 0 Å². The first kappa shape index (κ1) is 16.6. The van der Waals surface area contributed by atoms with Crippen LogP contribution in [0.5, 0.6) is 0 Å². The smallest absolute Gasteiger partial charge is 0.303 e. The number of halogens is 2. The summed E-state index contributed by atoms with van der Waals surface area (Å²) in [5, 5.41) is 9.93. The summed E-state index contributed by atoms with van der Waals surface area (Å²) in [5.41, 5.74) is 1.17. The Morgan fingerprint density at radius 2 is 2.00 bits per heavy atom. The molecule has 2 rings (SSSR count). The molecule has 1 aromatic rings. The Hall–Kier alpha value is -0.770. The standard InChI is InChI=1S/C16H21Cl2NO2/c1-11(13-3-4-14(17)15(18)10-13)19-8-6-12(7-9-19)2-5-16(20)21/h3-4,10-12H,2,5-9H2,1H3,(H,20,21). The van der Waals surface area contributed by atoms with Gasteiger partial charge in [0.05, 0.1) is 10.0 Å². The highest BCUT2D eigenvalue weighted by atomic mass is 35.5. The van der Waals surface area contributed by atoms with Crippen molar-refractivity contribution in [3.63, 3.8) is 0 Å². The lowest BCUT2D eigenvalue weighted by atomic mass is 9.91. The highest BCUT2D eigenvalue weighted by molar-refractivity contribution is 6.42. The molecule has 0 radical (unpaired) electrons. The van der Waals surface area contributed by atoms with Crippen LogP contribution in [0.15, 0.2) is 18.2 Å². The summed E-state index contributed by atoms with van der Waals surface area (Å²) in [6, 6.07) is 6.11. The van der Waals surface area contributed by atoms with Gasteiger partial charge in [0.1, 0.15) is 0 Å². The second-order valence-corrected chi connectivity index (χ2v) is 6.58. The Balaban J connectivity index is 1.89. The topological polar surface area (TPSA) is 40.5 Å². The molecular formula is C16H21Cl2NO2. The summed E-state index contributed by atoms with van der Waals surface area (Å²) in [4.78, 5) is 13.1. The summed E-state index contributed by atoms with van der Waals surface area (Å²) in [5.74, 6) is -0.153. The minimum atomic E-state index is -0.693. The minimum absolute atomic E-state index is 0.285. The van der Waals surface area contributed by atoms with Crippen molar-refractivity contribution in [1.29, 1.82) is 0 Å². The molecule has 1 saturated heterocycles. The van der Waals surface area contributed by atoms with Crippen molar-refractivity contribution in [1.82, 2.24) is 4.90 Å². The number of carbonyl (C=O) groups is 1. The van der Waals surface area contributed by atoms with Crippen molar-refractivity contribution in [2.45, 2.75) is 38.6 Å². The lowest BCUT2D eigenvalue weighted by Crippen LogP contribution is -2.35. The van der Waals surface area contributed by atoms with Gasteiger partial charge < -0.3 is 5.11 Å². The fourth-order valence-corrected chi connectivity index (χ4v) is 3.25. The molecule has 1 fully saturated rings. The van der Waals surface area contributed by atoms with Gasteiger partial charge in [0.2, 0.25) is 0 Å². The molecule has 1 atom stereocenters. The molecule has 1 aromatic carbocycles. The van der Waals surface area contributed by atoms with E-state index >= 15 is 0 Å². The first-order valence-corrected chi connectivity index (χ1v) is 8.13. The molecule has 116 valence electrons. The zero-order chi connectivity index (χ0) is 15.4. The van der Waals surface area contributed by atoms with Crippen molar-refractivity contribution < 1.29 is 9.90 Å². The number of carboxylic acids is 1. The third-order valence-corrected chi connectivity index (χ3v) is 5.13. The minimum Gasteiger partial charge on any atom is -0.481 e. The van der Waals surface area contributed by atoms with Crippen LogP contribution in [-0.4, -0.2) is 29.1 Å². The van der Waals surface area contributed by atoms with E-state index in [1.165, 1.54) is 5.56 Å². The molecule has 0 aliphatic carbocycles. The van der Waals surface area contributed by atoms with Crippen LogP contribution in [0.4, 0.5) is 0 Å². The summed E-state index contributed by atoms with van der Waals surface area (Å²) < 4.78 is 0. The summed E-state index contributed by atoms with van der Waals surface area (Å²) in [6.45, 7) is 4.19. The third-order valence-electron chi connectivity index (χ3n) is 4.39. The molecule has 0 aromatic heterocycles. The number of aliphatic carboxylic acids is 1. The highest BCUT2D eigenvalue weighted by Crippen LogP contribution is 2.31. The maximum absolute atomic E-state index is 10.6. The molecule has 1 aliphatic rings. The molecular weight excluding hydrogens is 309 g/mol. The number of likely N-dealkylation sites (tertiary alicyclic amines) is 1. The molecule has 1 unspecified atom stereocenters. The van der Waals surface area contributed by atoms with E-state index in [0.29, 0.717) is 22.0 Å². The molecule has 0 saturated carbocycles. The normalized spacial score (nSPS) is 18.6. The summed E-state index contributed by atoms with van der Waals surface area (Å²) in [6.07, 6.45) is 3.22. The van der Waals surface area contributed by atoms with Crippen LogP contribution in [0.1, 0.15) is 44.2 Å². The molecule has 21 heavy (non-hydrogen) atoms. The first-order chi connectivity index (χ1) is 9.97. The summed E-state index contributed by atoms with van der Waals surface area (Å²) in [7, 11) is 0. The van der Waals surface area contributed by atoms with Crippen molar-refractivity contribution in [2.75, 3.05) is 13.1 Å². The van der Waals surface area contributed by atoms with Gasteiger partial charge in [-0.05, 0) is 62.9 Å². The molecule has 1 N–H and O–H groups in total. The average Bonchev–Trinajstić information content (AvgIpc) is 2.48. The van der Waals surface area contributed by atoms with Crippen molar-refractivity contribution in [3.8, 4) is 0 Å². The fraction of sp³-hybridized carbons (Fsp3) is 0.562. The van der Waals surface area contributed by atoms with Crippen molar-refractivity contribution in [3.05, 3.63) is 33.8 Å². The maximum atomic E-state index is 10.6. The predicted octanol–water partition coefficient (Wildman–Crippen LogP) is 4.63. The van der Waals surface area contributed by atoms with Crippen LogP contribution in [0.2, 0.25) is 10.0 Å². The summed E-state index contributed by atoms with van der Waals surface area (Å²) >= 11 is 12.0. The molecule has 3 nitrogen and oxygen atoms in total. The molecule has 0 amide bonds. The van der Waals surface area contributed by atoms with E-state index in [2.05, 4.69) is 11.8 Å². The van der Waals surface area contributed by atoms with Gasteiger partial charge in [-0.3, -0.25) is 9.69 Å². The van der Waals surface area contributed by atoms with Gasteiger partial charge in [0.15, 0.2) is 0 Å². The average molecular weight is 330 g/mol. The number of hydrogen-bond acceptors (Lipinski definition) is 2. The zero-order valence-electron chi connectivity index (χ0n) is 12.2. The molecule has 1 aliphatic heterocycles. The quantitative estimate of drug-likeness (QED) is 0.856. The van der Waals surface area contributed by atoms with E-state index < -0.39 is 5.97 Å². The third kappa shape index (κ3) is 4.60. The van der Waals surface area contributed by atoms with Gasteiger partial charge in [-0.2, -0.15) is 0 Å². The van der Waals surface area contributed by atoms with E-state index in [4.69, 9.17) is 28.3 Å². The van der Waals surface area contributed by atoms with Crippen LogP contribution in [0.3, 0.4) is 0 Å². The Bertz CT molecular complexity index is 499. The van der Waals surface area contributed by atoms with Gasteiger partial charge in [0, 0.05) is 12.5 Å². The van der Waals surface area contributed by atoms with E-state index in [1.807, 2.05) is 18.2 Å². The number of benzene rings is 1. The fourth-order valence-electron chi connectivity index (χ4n) is 2.94. The monoisotopic (exact) mass is 329 g/mol. The van der Waals surface area contributed by atoms with Crippen molar-refractivity contribution >= 4 is 29.2 Å².